The number of aliphatic imine (C=N–C) groups is 1. The van der Waals surface area contributed by atoms with Crippen LogP contribution in [0.4, 0.5) is 0 Å². The molecule has 1 aromatic carbocycles. The molecule has 1 aliphatic carbocycles. The zero-order valence-corrected chi connectivity index (χ0v) is 15.8. The number of amidine groups is 1. The number of ether oxygens (including phenoxy) is 2. The summed E-state index contributed by atoms with van der Waals surface area (Å²) in [4.78, 5) is 4.83. The van der Waals surface area contributed by atoms with Gasteiger partial charge in [0.2, 0.25) is 0 Å². The topological polar surface area (TPSA) is 42.9 Å². The van der Waals surface area contributed by atoms with Gasteiger partial charge in [-0.2, -0.15) is 0 Å². The SMILES string of the molecule is Cl.Clc1cc(CSC2=NC3CCCCC3N2)cc2c1OCCCO2. The Labute approximate surface area is 158 Å². The number of hydrogen-bond acceptors (Lipinski definition) is 5. The molecular weight excluding hydrogens is 367 g/mol. The van der Waals surface area contributed by atoms with Crippen LogP contribution in [0, 0.1) is 0 Å². The first-order valence-corrected chi connectivity index (χ1v) is 9.71. The molecule has 1 fully saturated rings. The molecule has 132 valence electrons. The van der Waals surface area contributed by atoms with Gasteiger partial charge >= 0.3 is 0 Å². The van der Waals surface area contributed by atoms with Crippen LogP contribution in [-0.2, 0) is 5.75 Å². The van der Waals surface area contributed by atoms with Gasteiger partial charge in [-0.15, -0.1) is 12.4 Å². The summed E-state index contributed by atoms with van der Waals surface area (Å²) in [5, 5.41) is 5.28. The minimum absolute atomic E-state index is 0. The third-order valence-corrected chi connectivity index (χ3v) is 5.81. The lowest BCUT2D eigenvalue weighted by Crippen LogP contribution is -2.36. The molecule has 24 heavy (non-hydrogen) atoms. The van der Waals surface area contributed by atoms with E-state index in [2.05, 4.69) is 5.32 Å². The van der Waals surface area contributed by atoms with E-state index in [9.17, 15) is 0 Å². The second kappa shape index (κ2) is 8.07. The van der Waals surface area contributed by atoms with Crippen LogP contribution >= 0.6 is 35.8 Å². The van der Waals surface area contributed by atoms with Crippen molar-refractivity contribution in [2.75, 3.05) is 13.2 Å². The normalized spacial score (nSPS) is 25.0. The van der Waals surface area contributed by atoms with E-state index < -0.39 is 0 Å². The van der Waals surface area contributed by atoms with E-state index in [1.165, 1.54) is 25.7 Å². The average molecular weight is 389 g/mol. The molecule has 1 aromatic rings. The highest BCUT2D eigenvalue weighted by atomic mass is 35.5. The maximum Gasteiger partial charge on any atom is 0.179 e. The molecule has 0 radical (unpaired) electrons. The van der Waals surface area contributed by atoms with Crippen molar-refractivity contribution in [1.82, 2.24) is 5.32 Å². The largest absolute Gasteiger partial charge is 0.489 e. The smallest absolute Gasteiger partial charge is 0.179 e. The Morgan fingerprint density at radius 3 is 2.88 bits per heavy atom. The Morgan fingerprint density at radius 2 is 2.00 bits per heavy atom. The summed E-state index contributed by atoms with van der Waals surface area (Å²) in [6, 6.07) is 5.06. The monoisotopic (exact) mass is 388 g/mol. The first kappa shape index (κ1) is 18.0. The highest BCUT2D eigenvalue weighted by molar-refractivity contribution is 8.13. The van der Waals surface area contributed by atoms with Gasteiger partial charge in [0.25, 0.3) is 0 Å². The molecule has 0 spiro atoms. The third kappa shape index (κ3) is 3.89. The van der Waals surface area contributed by atoms with Gasteiger partial charge in [-0.05, 0) is 30.5 Å². The number of benzene rings is 1. The lowest BCUT2D eigenvalue weighted by molar-refractivity contribution is 0.297. The van der Waals surface area contributed by atoms with Crippen LogP contribution in [0.25, 0.3) is 0 Å². The van der Waals surface area contributed by atoms with E-state index in [0.717, 1.165) is 28.7 Å². The predicted octanol–water partition coefficient (Wildman–Crippen LogP) is 4.43. The van der Waals surface area contributed by atoms with Crippen LogP contribution in [0.2, 0.25) is 5.02 Å². The molecule has 2 unspecified atom stereocenters. The van der Waals surface area contributed by atoms with Crippen molar-refractivity contribution in [2.24, 2.45) is 4.99 Å². The van der Waals surface area contributed by atoms with E-state index >= 15 is 0 Å². The van der Waals surface area contributed by atoms with Crippen molar-refractivity contribution < 1.29 is 9.47 Å². The first-order valence-electron chi connectivity index (χ1n) is 8.35. The lowest BCUT2D eigenvalue weighted by atomic mass is 9.92. The summed E-state index contributed by atoms with van der Waals surface area (Å²) in [5.74, 6) is 2.28. The summed E-state index contributed by atoms with van der Waals surface area (Å²) in [7, 11) is 0. The van der Waals surface area contributed by atoms with Gasteiger partial charge in [0.05, 0.1) is 30.3 Å². The molecule has 7 heteroatoms. The molecule has 0 bridgehead atoms. The van der Waals surface area contributed by atoms with E-state index in [0.29, 0.717) is 36.1 Å². The molecule has 1 N–H and O–H groups in total. The van der Waals surface area contributed by atoms with Crippen LogP contribution in [0.1, 0.15) is 37.7 Å². The Bertz CT molecular complexity index is 627. The first-order chi connectivity index (χ1) is 11.3. The summed E-state index contributed by atoms with van der Waals surface area (Å²) < 4.78 is 11.4. The van der Waals surface area contributed by atoms with Crippen LogP contribution < -0.4 is 14.8 Å². The van der Waals surface area contributed by atoms with Crippen LogP contribution in [-0.4, -0.2) is 30.5 Å². The molecule has 0 amide bonds. The van der Waals surface area contributed by atoms with Crippen molar-refractivity contribution in [3.63, 3.8) is 0 Å². The summed E-state index contributed by atoms with van der Waals surface area (Å²) in [6.45, 7) is 1.34. The number of nitrogens with zero attached hydrogens (tertiary/aromatic N) is 1. The molecule has 1 saturated carbocycles. The standard InChI is InChI=1S/C17H21ClN2O2S.ClH/c18-12-8-11(9-15-16(12)22-7-3-6-21-15)10-23-17-19-13-4-1-2-5-14(13)20-17;/h8-9,13-14H,1-7,10H2,(H,19,20);1H. The molecule has 0 aromatic heterocycles. The van der Waals surface area contributed by atoms with Gasteiger partial charge < -0.3 is 14.8 Å². The van der Waals surface area contributed by atoms with Crippen molar-refractivity contribution in [1.29, 1.82) is 0 Å². The van der Waals surface area contributed by atoms with Gasteiger partial charge in [-0.3, -0.25) is 4.99 Å². The van der Waals surface area contributed by atoms with Gasteiger partial charge in [0.1, 0.15) is 0 Å². The highest BCUT2D eigenvalue weighted by Gasteiger charge is 2.30. The maximum absolute atomic E-state index is 6.35. The zero-order valence-electron chi connectivity index (χ0n) is 13.4. The summed E-state index contributed by atoms with van der Waals surface area (Å²) in [6.07, 6.45) is 5.98. The quantitative estimate of drug-likeness (QED) is 0.813. The van der Waals surface area contributed by atoms with Crippen LogP contribution in [0.3, 0.4) is 0 Å². The van der Waals surface area contributed by atoms with Crippen LogP contribution in [0.5, 0.6) is 11.5 Å². The summed E-state index contributed by atoms with van der Waals surface area (Å²) >= 11 is 8.11. The molecule has 4 rings (SSSR count). The van der Waals surface area contributed by atoms with Gasteiger partial charge in [0.15, 0.2) is 16.7 Å². The molecule has 0 saturated heterocycles. The van der Waals surface area contributed by atoms with Crippen molar-refractivity contribution in [2.45, 2.75) is 49.9 Å². The van der Waals surface area contributed by atoms with E-state index in [1.807, 2.05) is 12.1 Å². The molecule has 2 heterocycles. The fraction of sp³-hybridized carbons (Fsp3) is 0.588. The Hall–Kier alpha value is -0.780. The Kier molecular flexibility index (Phi) is 6.06. The number of nitrogens with one attached hydrogen (secondary N) is 1. The van der Waals surface area contributed by atoms with Gasteiger partial charge in [0, 0.05) is 12.2 Å². The van der Waals surface area contributed by atoms with Crippen molar-refractivity contribution in [3.8, 4) is 11.5 Å². The highest BCUT2D eigenvalue weighted by Crippen LogP contribution is 2.39. The maximum atomic E-state index is 6.35. The summed E-state index contributed by atoms with van der Waals surface area (Å²) in [5.41, 5.74) is 1.14. The lowest BCUT2D eigenvalue weighted by Gasteiger charge is -2.23. The Morgan fingerprint density at radius 1 is 1.17 bits per heavy atom. The second-order valence-corrected chi connectivity index (χ2v) is 7.65. The number of fused-ring (bicyclic) bond motifs is 2. The number of halogens is 2. The predicted molar refractivity (Wildman–Crippen MR) is 102 cm³/mol. The van der Waals surface area contributed by atoms with Crippen molar-refractivity contribution in [3.05, 3.63) is 22.7 Å². The molecule has 4 nitrogen and oxygen atoms in total. The van der Waals surface area contributed by atoms with E-state index in [1.54, 1.807) is 11.8 Å². The minimum atomic E-state index is 0. The third-order valence-electron chi connectivity index (χ3n) is 4.56. The Balaban J connectivity index is 0.00000169. The molecule has 2 aliphatic heterocycles. The zero-order chi connectivity index (χ0) is 15.6. The molecule has 2 atom stereocenters. The fourth-order valence-corrected chi connectivity index (χ4v) is 4.58. The van der Waals surface area contributed by atoms with E-state index in [4.69, 9.17) is 26.1 Å². The van der Waals surface area contributed by atoms with Crippen molar-refractivity contribution >= 4 is 40.9 Å². The number of rotatable bonds is 2. The van der Waals surface area contributed by atoms with Gasteiger partial charge in [-0.1, -0.05) is 36.2 Å². The molecule has 3 aliphatic rings. The molecular formula is C17H22Cl2N2O2S. The second-order valence-electron chi connectivity index (χ2n) is 6.28. The number of hydrogen-bond donors (Lipinski definition) is 1. The van der Waals surface area contributed by atoms with E-state index in [-0.39, 0.29) is 12.4 Å². The fourth-order valence-electron chi connectivity index (χ4n) is 3.38. The average Bonchev–Trinajstić information content (AvgIpc) is 2.82. The number of thioether (sulfide) groups is 1. The van der Waals surface area contributed by atoms with Crippen LogP contribution in [0.15, 0.2) is 17.1 Å². The van der Waals surface area contributed by atoms with Gasteiger partial charge in [-0.25, -0.2) is 0 Å². The minimum Gasteiger partial charge on any atom is -0.489 e.